The van der Waals surface area contributed by atoms with Crippen molar-refractivity contribution in [2.75, 3.05) is 24.2 Å². The SMILES string of the molecule is COc1ccc(N(CC(=O)N(Cc2ccccc2F)[C@@H](Cc2ccccc2)C(=O)NC(C)(C)C)S(C)(=O)=O)cc1. The van der Waals surface area contributed by atoms with E-state index in [9.17, 15) is 22.4 Å². The van der Waals surface area contributed by atoms with Gasteiger partial charge in [-0.1, -0.05) is 48.5 Å². The molecule has 0 saturated heterocycles. The van der Waals surface area contributed by atoms with E-state index in [4.69, 9.17) is 4.74 Å². The molecule has 214 valence electrons. The van der Waals surface area contributed by atoms with Gasteiger partial charge < -0.3 is 15.0 Å². The summed E-state index contributed by atoms with van der Waals surface area (Å²) in [7, 11) is -2.42. The van der Waals surface area contributed by atoms with Crippen LogP contribution in [-0.2, 0) is 32.6 Å². The van der Waals surface area contributed by atoms with Crippen LogP contribution in [0.15, 0.2) is 78.9 Å². The molecule has 0 fully saturated rings. The molecule has 2 amide bonds. The highest BCUT2D eigenvalue weighted by atomic mass is 32.2. The molecule has 0 aliphatic carbocycles. The lowest BCUT2D eigenvalue weighted by Crippen LogP contribution is -2.56. The van der Waals surface area contributed by atoms with Gasteiger partial charge in [0.15, 0.2) is 0 Å². The van der Waals surface area contributed by atoms with Crippen molar-refractivity contribution in [1.82, 2.24) is 10.2 Å². The number of anilines is 1. The van der Waals surface area contributed by atoms with Gasteiger partial charge in [0.1, 0.15) is 24.2 Å². The van der Waals surface area contributed by atoms with Gasteiger partial charge in [-0.2, -0.15) is 0 Å². The fourth-order valence-corrected chi connectivity index (χ4v) is 5.03. The Morgan fingerprint density at radius 1 is 0.950 bits per heavy atom. The first-order valence-electron chi connectivity index (χ1n) is 12.8. The van der Waals surface area contributed by atoms with Gasteiger partial charge in [0.05, 0.1) is 19.1 Å². The Kier molecular flexibility index (Phi) is 9.92. The summed E-state index contributed by atoms with van der Waals surface area (Å²) in [5, 5.41) is 2.93. The second-order valence-electron chi connectivity index (χ2n) is 10.5. The molecule has 3 aromatic rings. The number of hydrogen-bond donors (Lipinski definition) is 1. The fraction of sp³-hybridized carbons (Fsp3) is 0.333. The molecule has 0 aliphatic rings. The van der Waals surface area contributed by atoms with E-state index in [0.717, 1.165) is 16.1 Å². The zero-order chi connectivity index (χ0) is 29.5. The molecule has 3 aromatic carbocycles. The van der Waals surface area contributed by atoms with Crippen LogP contribution in [0.3, 0.4) is 0 Å². The number of methoxy groups -OCH3 is 1. The third kappa shape index (κ3) is 8.54. The van der Waals surface area contributed by atoms with Crippen molar-refractivity contribution < 1.29 is 27.1 Å². The van der Waals surface area contributed by atoms with E-state index in [1.165, 1.54) is 42.3 Å². The molecule has 0 aliphatic heterocycles. The minimum atomic E-state index is -3.91. The summed E-state index contributed by atoms with van der Waals surface area (Å²) < 4.78 is 46.6. The molecule has 10 heteroatoms. The molecule has 0 aromatic heterocycles. The Labute approximate surface area is 235 Å². The molecule has 3 rings (SSSR count). The van der Waals surface area contributed by atoms with Gasteiger partial charge in [-0.05, 0) is 56.7 Å². The van der Waals surface area contributed by atoms with Gasteiger partial charge >= 0.3 is 0 Å². The number of sulfonamides is 1. The van der Waals surface area contributed by atoms with Crippen LogP contribution < -0.4 is 14.4 Å². The summed E-state index contributed by atoms with van der Waals surface area (Å²) >= 11 is 0. The number of benzene rings is 3. The Balaban J connectivity index is 2.07. The van der Waals surface area contributed by atoms with E-state index in [-0.39, 0.29) is 24.2 Å². The van der Waals surface area contributed by atoms with Crippen molar-refractivity contribution >= 4 is 27.5 Å². The summed E-state index contributed by atoms with van der Waals surface area (Å²) in [6, 6.07) is 20.3. The van der Waals surface area contributed by atoms with Crippen molar-refractivity contribution in [2.24, 2.45) is 0 Å². The van der Waals surface area contributed by atoms with Crippen LogP contribution in [0.5, 0.6) is 5.75 Å². The zero-order valence-corrected chi connectivity index (χ0v) is 24.2. The maximum atomic E-state index is 14.8. The second-order valence-corrected chi connectivity index (χ2v) is 12.4. The van der Waals surface area contributed by atoms with Crippen LogP contribution in [0, 0.1) is 5.82 Å². The average Bonchev–Trinajstić information content (AvgIpc) is 2.89. The number of carbonyl (C=O) groups is 2. The maximum absolute atomic E-state index is 14.8. The lowest BCUT2D eigenvalue weighted by Gasteiger charge is -2.35. The topological polar surface area (TPSA) is 96.0 Å². The zero-order valence-electron chi connectivity index (χ0n) is 23.4. The van der Waals surface area contributed by atoms with Crippen molar-refractivity contribution in [3.05, 3.63) is 95.8 Å². The highest BCUT2D eigenvalue weighted by molar-refractivity contribution is 7.92. The summed E-state index contributed by atoms with van der Waals surface area (Å²) in [6.45, 7) is 4.64. The largest absolute Gasteiger partial charge is 0.497 e. The molecule has 0 heterocycles. The normalized spacial score (nSPS) is 12.3. The molecule has 8 nitrogen and oxygen atoms in total. The van der Waals surface area contributed by atoms with Gasteiger partial charge in [0, 0.05) is 24.1 Å². The summed E-state index contributed by atoms with van der Waals surface area (Å²) in [4.78, 5) is 28.9. The van der Waals surface area contributed by atoms with E-state index in [1.54, 1.807) is 18.2 Å². The van der Waals surface area contributed by atoms with Gasteiger partial charge in [0.2, 0.25) is 21.8 Å². The van der Waals surface area contributed by atoms with Gasteiger partial charge in [-0.25, -0.2) is 12.8 Å². The van der Waals surface area contributed by atoms with E-state index in [2.05, 4.69) is 5.32 Å². The van der Waals surface area contributed by atoms with Crippen LogP contribution in [0.1, 0.15) is 31.9 Å². The smallest absolute Gasteiger partial charge is 0.244 e. The number of rotatable bonds is 11. The minimum absolute atomic E-state index is 0.143. The quantitative estimate of drug-likeness (QED) is 0.374. The molecule has 1 N–H and O–H groups in total. The number of nitrogens with zero attached hydrogens (tertiary/aromatic N) is 2. The molecular formula is C30H36FN3O5S. The Morgan fingerprint density at radius 2 is 1.55 bits per heavy atom. The van der Waals surface area contributed by atoms with E-state index in [1.807, 2.05) is 51.1 Å². The molecule has 0 saturated carbocycles. The first-order valence-corrected chi connectivity index (χ1v) is 14.6. The molecule has 0 bridgehead atoms. The number of hydrogen-bond acceptors (Lipinski definition) is 5. The standard InChI is InChI=1S/C30H36FN3O5S/c1-30(2,3)32-29(36)27(19-22-11-7-6-8-12-22)33(20-23-13-9-10-14-26(23)31)28(35)21-34(40(5,37)38)24-15-17-25(39-4)18-16-24/h6-18,27H,19-21H2,1-5H3,(H,32,36)/t27-/m0/s1. The molecule has 0 unspecified atom stereocenters. The summed E-state index contributed by atoms with van der Waals surface area (Å²) in [6.07, 6.45) is 1.14. The highest BCUT2D eigenvalue weighted by Crippen LogP contribution is 2.23. The monoisotopic (exact) mass is 569 g/mol. The Bertz CT molecular complexity index is 1410. The predicted octanol–water partition coefficient (Wildman–Crippen LogP) is 4.16. The van der Waals surface area contributed by atoms with Crippen LogP contribution in [0.2, 0.25) is 0 Å². The lowest BCUT2D eigenvalue weighted by molar-refractivity contribution is -0.140. The molecule has 1 atom stereocenters. The maximum Gasteiger partial charge on any atom is 0.244 e. The predicted molar refractivity (Wildman–Crippen MR) is 154 cm³/mol. The molecule has 40 heavy (non-hydrogen) atoms. The Morgan fingerprint density at radius 3 is 2.10 bits per heavy atom. The second kappa shape index (κ2) is 13.0. The third-order valence-corrected chi connectivity index (χ3v) is 7.25. The van der Waals surface area contributed by atoms with Gasteiger partial charge in [-0.15, -0.1) is 0 Å². The number of halogens is 1. The Hall–Kier alpha value is -3.92. The van der Waals surface area contributed by atoms with Gasteiger partial charge in [-0.3, -0.25) is 13.9 Å². The molecular weight excluding hydrogens is 533 g/mol. The van der Waals surface area contributed by atoms with Crippen molar-refractivity contribution in [2.45, 2.75) is 45.3 Å². The van der Waals surface area contributed by atoms with Crippen molar-refractivity contribution in [3.63, 3.8) is 0 Å². The first kappa shape index (κ1) is 30.6. The third-order valence-electron chi connectivity index (χ3n) is 6.11. The summed E-state index contributed by atoms with van der Waals surface area (Å²) in [5.74, 6) is -1.11. The number of amides is 2. The average molecular weight is 570 g/mol. The van der Waals surface area contributed by atoms with Crippen LogP contribution >= 0.6 is 0 Å². The van der Waals surface area contributed by atoms with E-state index >= 15 is 0 Å². The number of nitrogens with one attached hydrogen (secondary N) is 1. The van der Waals surface area contributed by atoms with Crippen molar-refractivity contribution in [3.8, 4) is 5.75 Å². The van der Waals surface area contributed by atoms with Crippen LogP contribution in [0.4, 0.5) is 10.1 Å². The highest BCUT2D eigenvalue weighted by Gasteiger charge is 2.34. The minimum Gasteiger partial charge on any atom is -0.497 e. The summed E-state index contributed by atoms with van der Waals surface area (Å²) in [5.41, 5.74) is 0.632. The number of ether oxygens (including phenoxy) is 1. The van der Waals surface area contributed by atoms with Crippen LogP contribution in [0.25, 0.3) is 0 Å². The van der Waals surface area contributed by atoms with Gasteiger partial charge in [0.25, 0.3) is 0 Å². The van der Waals surface area contributed by atoms with Crippen LogP contribution in [-0.4, -0.2) is 56.6 Å². The first-order chi connectivity index (χ1) is 18.8. The van der Waals surface area contributed by atoms with Crippen molar-refractivity contribution in [1.29, 1.82) is 0 Å². The fourth-order valence-electron chi connectivity index (χ4n) is 4.18. The molecule has 0 spiro atoms. The van der Waals surface area contributed by atoms with E-state index < -0.39 is 45.8 Å². The van der Waals surface area contributed by atoms with E-state index in [0.29, 0.717) is 5.75 Å². The lowest BCUT2D eigenvalue weighted by atomic mass is 10.0. The molecule has 0 radical (unpaired) electrons. The number of carbonyl (C=O) groups excluding carboxylic acids is 2.